The van der Waals surface area contributed by atoms with Gasteiger partial charge in [-0.2, -0.15) is 5.06 Å². The maximum absolute atomic E-state index is 12.2. The molecular formula is C23H34N2O4. The SMILES string of the molecule is CCC1(CC)CC(NC(=O)/C=C/C(=O)O)CC(C)(C)N1OC(C)c1ccccc1. The summed E-state index contributed by atoms with van der Waals surface area (Å²) in [7, 11) is 0. The minimum atomic E-state index is -1.13. The predicted octanol–water partition coefficient (Wildman–Crippen LogP) is 4.24. The van der Waals surface area contributed by atoms with E-state index in [-0.39, 0.29) is 29.1 Å². The standard InChI is InChI=1S/C23H34N2O4/c1-6-23(7-2)16-19(24-20(26)13-14-21(27)28)15-22(4,5)25(23)29-17(3)18-11-9-8-10-12-18/h8-14,17,19H,6-7,15-16H2,1-5H3,(H,24,26)(H,27,28)/b14-13+. The highest BCUT2D eigenvalue weighted by Gasteiger charge is 2.50. The smallest absolute Gasteiger partial charge is 0.328 e. The first-order valence-corrected chi connectivity index (χ1v) is 10.4. The molecule has 1 aliphatic heterocycles. The zero-order valence-corrected chi connectivity index (χ0v) is 18.1. The second-order valence-corrected chi connectivity index (χ2v) is 8.48. The second kappa shape index (κ2) is 9.55. The fourth-order valence-electron chi connectivity index (χ4n) is 4.46. The molecule has 0 aromatic heterocycles. The molecule has 2 unspecified atom stereocenters. The van der Waals surface area contributed by atoms with Gasteiger partial charge in [0.05, 0.1) is 0 Å². The summed E-state index contributed by atoms with van der Waals surface area (Å²) in [5.74, 6) is -1.50. The molecule has 1 saturated heterocycles. The van der Waals surface area contributed by atoms with Crippen molar-refractivity contribution in [2.45, 2.75) is 83.5 Å². The number of hydrogen-bond donors (Lipinski definition) is 2. The van der Waals surface area contributed by atoms with Crippen LogP contribution in [0.25, 0.3) is 0 Å². The molecule has 1 aromatic carbocycles. The molecule has 1 heterocycles. The molecule has 0 radical (unpaired) electrons. The van der Waals surface area contributed by atoms with E-state index in [9.17, 15) is 9.59 Å². The average Bonchev–Trinajstić information content (AvgIpc) is 2.68. The van der Waals surface area contributed by atoms with E-state index in [1.54, 1.807) is 0 Å². The van der Waals surface area contributed by atoms with Gasteiger partial charge in [-0.15, -0.1) is 0 Å². The number of rotatable bonds is 8. The van der Waals surface area contributed by atoms with Gasteiger partial charge in [0.2, 0.25) is 5.91 Å². The quantitative estimate of drug-likeness (QED) is 0.636. The monoisotopic (exact) mass is 402 g/mol. The number of amides is 1. The van der Waals surface area contributed by atoms with E-state index < -0.39 is 5.97 Å². The molecule has 1 fully saturated rings. The van der Waals surface area contributed by atoms with Crippen molar-refractivity contribution in [2.24, 2.45) is 0 Å². The summed E-state index contributed by atoms with van der Waals surface area (Å²) in [5, 5.41) is 13.9. The second-order valence-electron chi connectivity index (χ2n) is 8.48. The lowest BCUT2D eigenvalue weighted by atomic mass is 9.74. The minimum absolute atomic E-state index is 0.0530. The van der Waals surface area contributed by atoms with Crippen LogP contribution in [-0.2, 0) is 14.4 Å². The van der Waals surface area contributed by atoms with Gasteiger partial charge < -0.3 is 10.4 Å². The Bertz CT molecular complexity index is 726. The first-order valence-electron chi connectivity index (χ1n) is 10.4. The highest BCUT2D eigenvalue weighted by Crippen LogP contribution is 2.44. The van der Waals surface area contributed by atoms with Crippen molar-refractivity contribution in [3.8, 4) is 0 Å². The number of piperidine rings is 1. The molecule has 2 N–H and O–H groups in total. The van der Waals surface area contributed by atoms with E-state index in [0.717, 1.165) is 37.0 Å². The predicted molar refractivity (Wildman–Crippen MR) is 113 cm³/mol. The number of carbonyl (C=O) groups excluding carboxylic acids is 1. The van der Waals surface area contributed by atoms with Crippen LogP contribution in [-0.4, -0.2) is 39.2 Å². The highest BCUT2D eigenvalue weighted by molar-refractivity contribution is 5.94. The Hall–Kier alpha value is -2.18. The van der Waals surface area contributed by atoms with E-state index in [0.29, 0.717) is 6.42 Å². The maximum atomic E-state index is 12.2. The van der Waals surface area contributed by atoms with Crippen molar-refractivity contribution in [1.29, 1.82) is 0 Å². The highest BCUT2D eigenvalue weighted by atomic mass is 16.7. The number of nitrogens with zero attached hydrogens (tertiary/aromatic N) is 1. The normalized spacial score (nSPS) is 22.3. The van der Waals surface area contributed by atoms with Crippen molar-refractivity contribution in [3.05, 3.63) is 48.0 Å². The molecule has 2 rings (SSSR count). The fourth-order valence-corrected chi connectivity index (χ4v) is 4.46. The van der Waals surface area contributed by atoms with Gasteiger partial charge in [-0.1, -0.05) is 44.2 Å². The maximum Gasteiger partial charge on any atom is 0.328 e. The number of carbonyl (C=O) groups is 2. The lowest BCUT2D eigenvalue weighted by Gasteiger charge is -2.57. The molecule has 1 amide bonds. The van der Waals surface area contributed by atoms with Crippen molar-refractivity contribution >= 4 is 11.9 Å². The summed E-state index contributed by atoms with van der Waals surface area (Å²) >= 11 is 0. The summed E-state index contributed by atoms with van der Waals surface area (Å²) in [6.07, 6.45) is 5.08. The summed E-state index contributed by atoms with van der Waals surface area (Å²) < 4.78 is 0. The van der Waals surface area contributed by atoms with Crippen LogP contribution in [0.1, 0.15) is 72.0 Å². The largest absolute Gasteiger partial charge is 0.478 e. The molecule has 0 saturated carbocycles. The van der Waals surface area contributed by atoms with Crippen LogP contribution >= 0.6 is 0 Å². The van der Waals surface area contributed by atoms with Gasteiger partial charge in [0.15, 0.2) is 0 Å². The third-order valence-electron chi connectivity index (χ3n) is 5.93. The Labute approximate surface area is 173 Å². The summed E-state index contributed by atoms with van der Waals surface area (Å²) in [4.78, 5) is 29.4. The number of carboxylic acid groups (broad SMARTS) is 1. The Morgan fingerprint density at radius 1 is 1.21 bits per heavy atom. The van der Waals surface area contributed by atoms with Crippen molar-refractivity contribution in [2.75, 3.05) is 0 Å². The zero-order valence-electron chi connectivity index (χ0n) is 18.1. The molecular weight excluding hydrogens is 368 g/mol. The van der Waals surface area contributed by atoms with Crippen LogP contribution in [0.4, 0.5) is 0 Å². The number of carboxylic acids is 1. The van der Waals surface area contributed by atoms with Gasteiger partial charge in [0.25, 0.3) is 0 Å². The molecule has 6 nitrogen and oxygen atoms in total. The Morgan fingerprint density at radius 3 is 2.38 bits per heavy atom. The van der Waals surface area contributed by atoms with E-state index in [4.69, 9.17) is 9.94 Å². The van der Waals surface area contributed by atoms with Gasteiger partial charge in [-0.25, -0.2) is 4.79 Å². The number of nitrogens with one attached hydrogen (secondary N) is 1. The third-order valence-corrected chi connectivity index (χ3v) is 5.93. The van der Waals surface area contributed by atoms with Crippen molar-refractivity contribution < 1.29 is 19.5 Å². The minimum Gasteiger partial charge on any atom is -0.478 e. The number of benzene rings is 1. The summed E-state index contributed by atoms with van der Waals surface area (Å²) in [6.45, 7) is 10.6. The van der Waals surface area contributed by atoms with Crippen LogP contribution in [0.5, 0.6) is 0 Å². The summed E-state index contributed by atoms with van der Waals surface area (Å²) in [5.41, 5.74) is 0.597. The van der Waals surface area contributed by atoms with Crippen LogP contribution in [0.2, 0.25) is 0 Å². The molecule has 29 heavy (non-hydrogen) atoms. The number of aliphatic carboxylic acids is 1. The van der Waals surface area contributed by atoms with E-state index in [1.165, 1.54) is 0 Å². The molecule has 2 atom stereocenters. The molecule has 0 bridgehead atoms. The average molecular weight is 403 g/mol. The van der Waals surface area contributed by atoms with Gasteiger partial charge in [-0.3, -0.25) is 9.63 Å². The first-order chi connectivity index (χ1) is 13.6. The number of hydrogen-bond acceptors (Lipinski definition) is 4. The molecule has 1 aliphatic rings. The fraction of sp³-hybridized carbons (Fsp3) is 0.565. The molecule has 0 spiro atoms. The topological polar surface area (TPSA) is 78.9 Å². The van der Waals surface area contributed by atoms with Crippen LogP contribution in [0.3, 0.4) is 0 Å². The van der Waals surface area contributed by atoms with Gasteiger partial charge >= 0.3 is 5.97 Å². The molecule has 0 aliphatic carbocycles. The van der Waals surface area contributed by atoms with Gasteiger partial charge in [0, 0.05) is 29.3 Å². The third kappa shape index (κ3) is 5.67. The van der Waals surface area contributed by atoms with Crippen molar-refractivity contribution in [3.63, 3.8) is 0 Å². The van der Waals surface area contributed by atoms with Gasteiger partial charge in [-0.05, 0) is 52.0 Å². The van der Waals surface area contributed by atoms with Crippen LogP contribution in [0, 0.1) is 0 Å². The van der Waals surface area contributed by atoms with Crippen molar-refractivity contribution in [1.82, 2.24) is 10.4 Å². The lowest BCUT2D eigenvalue weighted by molar-refractivity contribution is -0.316. The van der Waals surface area contributed by atoms with E-state index in [1.807, 2.05) is 18.2 Å². The molecule has 6 heteroatoms. The van der Waals surface area contributed by atoms with E-state index >= 15 is 0 Å². The Morgan fingerprint density at radius 2 is 1.83 bits per heavy atom. The lowest BCUT2D eigenvalue weighted by Crippen LogP contribution is -2.66. The summed E-state index contributed by atoms with van der Waals surface area (Å²) in [6, 6.07) is 10.1. The first kappa shape index (κ1) is 23.1. The Balaban J connectivity index is 2.22. The zero-order chi connectivity index (χ0) is 21.7. The van der Waals surface area contributed by atoms with E-state index in [2.05, 4.69) is 57.1 Å². The van der Waals surface area contributed by atoms with Crippen LogP contribution < -0.4 is 5.32 Å². The Kier molecular flexibility index (Phi) is 7.60. The molecule has 1 aromatic rings. The number of hydroxylamine groups is 2. The van der Waals surface area contributed by atoms with Gasteiger partial charge in [0.1, 0.15) is 6.10 Å². The van der Waals surface area contributed by atoms with Crippen LogP contribution in [0.15, 0.2) is 42.5 Å². The molecule has 160 valence electrons.